The molecule has 0 spiro atoms. The Morgan fingerprint density at radius 3 is 2.29 bits per heavy atom. The maximum Gasteiger partial charge on any atom is 0.306 e. The number of esters is 1. The molecule has 1 atom stereocenters. The van der Waals surface area contributed by atoms with Crippen molar-refractivity contribution in [2.24, 2.45) is 0 Å². The number of methoxy groups -OCH3 is 2. The molecule has 6 nitrogen and oxygen atoms in total. The maximum absolute atomic E-state index is 12.4. The molecule has 0 aromatic heterocycles. The minimum absolute atomic E-state index is 0.0384. The smallest absolute Gasteiger partial charge is 0.306 e. The molecule has 28 heavy (non-hydrogen) atoms. The van der Waals surface area contributed by atoms with Crippen LogP contribution in [0.1, 0.15) is 35.4 Å². The molecule has 0 aliphatic rings. The van der Waals surface area contributed by atoms with Crippen LogP contribution >= 0.6 is 0 Å². The van der Waals surface area contributed by atoms with Crippen LogP contribution in [-0.2, 0) is 23.8 Å². The second kappa shape index (κ2) is 9.71. The molecule has 2 aromatic carbocycles. The van der Waals surface area contributed by atoms with Crippen LogP contribution in [0.25, 0.3) is 0 Å². The molecule has 0 heterocycles. The number of hydrogen-bond acceptors (Lipinski definition) is 6. The van der Waals surface area contributed by atoms with Gasteiger partial charge in [0.1, 0.15) is 5.75 Å². The first kappa shape index (κ1) is 21.9. The predicted molar refractivity (Wildman–Crippen MR) is 106 cm³/mol. The van der Waals surface area contributed by atoms with Crippen molar-refractivity contribution < 1.29 is 26.9 Å². The van der Waals surface area contributed by atoms with Gasteiger partial charge in [0.05, 0.1) is 32.1 Å². The van der Waals surface area contributed by atoms with Crippen LogP contribution in [0.5, 0.6) is 5.75 Å². The van der Waals surface area contributed by atoms with Crippen LogP contribution in [0.15, 0.2) is 47.4 Å². The predicted octanol–water partition coefficient (Wildman–Crippen LogP) is 3.75. The summed E-state index contributed by atoms with van der Waals surface area (Å²) >= 11 is 0. The maximum atomic E-state index is 12.4. The number of carbonyl (C=O) groups is 1. The molecule has 0 bridgehead atoms. The van der Waals surface area contributed by atoms with Crippen molar-refractivity contribution >= 4 is 16.1 Å². The van der Waals surface area contributed by atoms with Crippen LogP contribution < -0.4 is 4.74 Å². The summed E-state index contributed by atoms with van der Waals surface area (Å²) < 4.78 is 39.9. The zero-order valence-electron chi connectivity index (χ0n) is 16.6. The van der Waals surface area contributed by atoms with Crippen LogP contribution in [0.2, 0.25) is 0 Å². The minimum atomic E-state index is -3.85. The fourth-order valence-corrected chi connectivity index (χ4v) is 3.88. The summed E-state index contributed by atoms with van der Waals surface area (Å²) in [5.41, 5.74) is 2.85. The van der Waals surface area contributed by atoms with Crippen molar-refractivity contribution in [1.29, 1.82) is 0 Å². The zero-order valence-corrected chi connectivity index (χ0v) is 17.4. The molecule has 1 unspecified atom stereocenters. The second-order valence-corrected chi connectivity index (χ2v) is 8.19. The van der Waals surface area contributed by atoms with Gasteiger partial charge < -0.3 is 9.47 Å². The van der Waals surface area contributed by atoms with Gasteiger partial charge in [0.15, 0.2) is 0 Å². The molecule has 0 aliphatic carbocycles. The summed E-state index contributed by atoms with van der Waals surface area (Å²) in [4.78, 5) is 12.0. The average Bonchev–Trinajstić information content (AvgIpc) is 2.67. The Balaban J connectivity index is 2.12. The van der Waals surface area contributed by atoms with E-state index in [2.05, 4.69) is 0 Å². The van der Waals surface area contributed by atoms with E-state index in [0.29, 0.717) is 6.42 Å². The lowest BCUT2D eigenvalue weighted by molar-refractivity contribution is -0.141. The summed E-state index contributed by atoms with van der Waals surface area (Å²) in [7, 11) is -0.926. The normalized spacial score (nSPS) is 12.4. The average molecular weight is 407 g/mol. The number of carbonyl (C=O) groups excluding carboxylic acids is 1. The molecular weight excluding hydrogens is 380 g/mol. The fraction of sp³-hybridized carbons (Fsp3) is 0.381. The number of benzene rings is 2. The highest BCUT2D eigenvalue weighted by Gasteiger charge is 2.21. The quantitative estimate of drug-likeness (QED) is 0.466. The van der Waals surface area contributed by atoms with Gasteiger partial charge in [0.2, 0.25) is 0 Å². The summed E-state index contributed by atoms with van der Waals surface area (Å²) in [5, 5.41) is 0. The molecule has 7 heteroatoms. The van der Waals surface area contributed by atoms with Crippen molar-refractivity contribution in [1.82, 2.24) is 0 Å². The van der Waals surface area contributed by atoms with Gasteiger partial charge in [-0.1, -0.05) is 23.8 Å². The molecule has 152 valence electrons. The molecule has 0 N–H and O–H groups in total. The summed E-state index contributed by atoms with van der Waals surface area (Å²) in [5.74, 6) is 0.129. The van der Waals surface area contributed by atoms with E-state index in [-0.39, 0.29) is 29.8 Å². The van der Waals surface area contributed by atoms with E-state index < -0.39 is 10.1 Å². The number of hydrogen-bond donors (Lipinski definition) is 0. The molecule has 0 radical (unpaired) electrons. The number of rotatable bonds is 9. The number of ether oxygens (including phenoxy) is 2. The molecule has 2 rings (SSSR count). The Hall–Kier alpha value is -2.38. The van der Waals surface area contributed by atoms with Gasteiger partial charge in [0, 0.05) is 0 Å². The Kier molecular flexibility index (Phi) is 7.60. The zero-order chi connectivity index (χ0) is 20.7. The minimum Gasteiger partial charge on any atom is -0.497 e. The first-order valence-corrected chi connectivity index (χ1v) is 10.3. The molecule has 0 amide bonds. The van der Waals surface area contributed by atoms with E-state index in [9.17, 15) is 13.2 Å². The topological polar surface area (TPSA) is 78.9 Å². The van der Waals surface area contributed by atoms with Gasteiger partial charge in [-0.3, -0.25) is 8.98 Å². The van der Waals surface area contributed by atoms with E-state index in [1.807, 2.05) is 32.0 Å². The van der Waals surface area contributed by atoms with Crippen molar-refractivity contribution in [3.63, 3.8) is 0 Å². The second-order valence-electron chi connectivity index (χ2n) is 6.58. The Bertz CT molecular complexity index is 903. The lowest BCUT2D eigenvalue weighted by atomic mass is 9.89. The summed E-state index contributed by atoms with van der Waals surface area (Å²) in [6.45, 7) is 3.77. The summed E-state index contributed by atoms with van der Waals surface area (Å²) in [6.07, 6.45) is 0.491. The van der Waals surface area contributed by atoms with E-state index in [0.717, 1.165) is 22.4 Å². The van der Waals surface area contributed by atoms with E-state index >= 15 is 0 Å². The van der Waals surface area contributed by atoms with Gasteiger partial charge >= 0.3 is 5.97 Å². The third-order valence-corrected chi connectivity index (χ3v) is 5.90. The van der Waals surface area contributed by atoms with Gasteiger partial charge in [-0.25, -0.2) is 0 Å². The third-order valence-electron chi connectivity index (χ3n) is 4.57. The highest BCUT2D eigenvalue weighted by Crippen LogP contribution is 2.30. The van der Waals surface area contributed by atoms with Crippen LogP contribution in [-0.4, -0.2) is 35.2 Å². The van der Waals surface area contributed by atoms with Crippen LogP contribution in [0, 0.1) is 13.8 Å². The SMILES string of the molecule is COC(=O)CC(CCOS(=O)(=O)c1ccc(C)cc1)c1ccc(OC)cc1C. The van der Waals surface area contributed by atoms with Crippen molar-refractivity contribution in [3.8, 4) is 5.75 Å². The van der Waals surface area contributed by atoms with Crippen molar-refractivity contribution in [3.05, 3.63) is 59.2 Å². The molecule has 0 aliphatic heterocycles. The van der Waals surface area contributed by atoms with Crippen molar-refractivity contribution in [2.75, 3.05) is 20.8 Å². The number of aryl methyl sites for hydroxylation is 2. The van der Waals surface area contributed by atoms with E-state index in [1.165, 1.54) is 19.2 Å². The van der Waals surface area contributed by atoms with Crippen LogP contribution in [0.3, 0.4) is 0 Å². The third kappa shape index (κ3) is 5.81. The van der Waals surface area contributed by atoms with Crippen molar-refractivity contribution in [2.45, 2.75) is 37.5 Å². The lowest BCUT2D eigenvalue weighted by Crippen LogP contribution is -2.14. The molecular formula is C21H26O6S. The standard InChI is InChI=1S/C21H26O6S/c1-15-5-8-19(9-6-15)28(23,24)27-12-11-17(14-21(22)26-4)20-10-7-18(25-3)13-16(20)2/h5-10,13,17H,11-12,14H2,1-4H3. The Morgan fingerprint density at radius 2 is 1.71 bits per heavy atom. The van der Waals surface area contributed by atoms with E-state index in [1.54, 1.807) is 19.2 Å². The van der Waals surface area contributed by atoms with Crippen LogP contribution in [0.4, 0.5) is 0 Å². The van der Waals surface area contributed by atoms with Gasteiger partial charge in [-0.2, -0.15) is 8.42 Å². The monoisotopic (exact) mass is 406 g/mol. The first-order valence-electron chi connectivity index (χ1n) is 8.94. The molecule has 0 saturated heterocycles. The molecule has 2 aromatic rings. The van der Waals surface area contributed by atoms with Gasteiger partial charge in [-0.15, -0.1) is 0 Å². The Morgan fingerprint density at radius 1 is 1.04 bits per heavy atom. The highest BCUT2D eigenvalue weighted by molar-refractivity contribution is 7.86. The largest absolute Gasteiger partial charge is 0.497 e. The fourth-order valence-electron chi connectivity index (χ4n) is 2.96. The van der Waals surface area contributed by atoms with Gasteiger partial charge in [0.25, 0.3) is 10.1 Å². The first-order chi connectivity index (χ1) is 13.3. The lowest BCUT2D eigenvalue weighted by Gasteiger charge is -2.19. The Labute approximate surface area is 166 Å². The van der Waals surface area contributed by atoms with E-state index in [4.69, 9.17) is 13.7 Å². The molecule has 0 saturated carbocycles. The molecule has 0 fully saturated rings. The summed E-state index contributed by atoms with van der Waals surface area (Å²) in [6, 6.07) is 12.1. The van der Waals surface area contributed by atoms with Gasteiger partial charge in [-0.05, 0) is 61.6 Å². The highest BCUT2D eigenvalue weighted by atomic mass is 32.2.